The van der Waals surface area contributed by atoms with Gasteiger partial charge in [0.25, 0.3) is 0 Å². The average Bonchev–Trinajstić information content (AvgIpc) is 3.18. The van der Waals surface area contributed by atoms with Gasteiger partial charge in [-0.2, -0.15) is 0 Å². The van der Waals surface area contributed by atoms with Gasteiger partial charge in [-0.3, -0.25) is 0 Å². The Kier molecular flexibility index (Phi) is 19.6. The highest BCUT2D eigenvalue weighted by Gasteiger charge is 2.38. The van der Waals surface area contributed by atoms with E-state index in [4.69, 9.17) is 14.2 Å². The van der Waals surface area contributed by atoms with E-state index in [1.165, 1.54) is 96.3 Å². The van der Waals surface area contributed by atoms with Gasteiger partial charge in [0.05, 0.1) is 19.8 Å². The van der Waals surface area contributed by atoms with Gasteiger partial charge in [-0.05, 0) is 28.7 Å². The van der Waals surface area contributed by atoms with Gasteiger partial charge >= 0.3 is 0 Å². The van der Waals surface area contributed by atoms with Crippen LogP contribution >= 0.6 is 0 Å². The van der Waals surface area contributed by atoms with E-state index in [9.17, 15) is 0 Å². The Hall–Kier alpha value is -3.24. The first-order valence-corrected chi connectivity index (χ1v) is 19.9. The number of hydrogen-bond donors (Lipinski definition) is 0. The van der Waals surface area contributed by atoms with Gasteiger partial charge in [-0.1, -0.05) is 225 Å². The molecule has 50 heavy (non-hydrogen) atoms. The molecule has 1 atom stereocenters. The van der Waals surface area contributed by atoms with Gasteiger partial charge in [0.2, 0.25) is 0 Å². The summed E-state index contributed by atoms with van der Waals surface area (Å²) in [6.07, 6.45) is 21.7. The minimum atomic E-state index is -0.786. The van der Waals surface area contributed by atoms with Crippen LogP contribution in [0.3, 0.4) is 0 Å². The largest absolute Gasteiger partial charge is 0.379 e. The maximum atomic E-state index is 7.12. The molecule has 4 rings (SSSR count). The Bertz CT molecular complexity index is 1250. The molecule has 4 aromatic rings. The molecule has 0 aliphatic heterocycles. The second-order valence-electron chi connectivity index (χ2n) is 13.9. The van der Waals surface area contributed by atoms with Crippen LogP contribution in [0.5, 0.6) is 0 Å². The van der Waals surface area contributed by atoms with E-state index in [0.717, 1.165) is 35.3 Å². The van der Waals surface area contributed by atoms with Crippen LogP contribution in [0.4, 0.5) is 0 Å². The minimum absolute atomic E-state index is 0.216. The molecule has 0 saturated heterocycles. The van der Waals surface area contributed by atoms with Crippen LogP contribution in [-0.2, 0) is 26.4 Å². The van der Waals surface area contributed by atoms with Crippen molar-refractivity contribution in [3.05, 3.63) is 144 Å². The third-order valence-corrected chi connectivity index (χ3v) is 9.80. The number of hydrogen-bond acceptors (Lipinski definition) is 3. The van der Waals surface area contributed by atoms with Crippen LogP contribution in [0.2, 0.25) is 0 Å². The molecule has 0 spiro atoms. The summed E-state index contributed by atoms with van der Waals surface area (Å²) in [7, 11) is 0. The van der Waals surface area contributed by atoms with Crippen LogP contribution in [0.25, 0.3) is 0 Å². The molecule has 0 heterocycles. The molecule has 270 valence electrons. The van der Waals surface area contributed by atoms with Crippen molar-refractivity contribution in [2.24, 2.45) is 0 Å². The van der Waals surface area contributed by atoms with Crippen molar-refractivity contribution in [2.75, 3.05) is 19.8 Å². The number of benzene rings is 4. The first kappa shape index (κ1) is 39.5. The van der Waals surface area contributed by atoms with Gasteiger partial charge in [0, 0.05) is 6.61 Å². The van der Waals surface area contributed by atoms with Gasteiger partial charge in [0.15, 0.2) is 0 Å². The van der Waals surface area contributed by atoms with E-state index in [1.54, 1.807) is 0 Å². The highest BCUT2D eigenvalue weighted by atomic mass is 16.6. The van der Waals surface area contributed by atoms with Gasteiger partial charge < -0.3 is 14.2 Å². The van der Waals surface area contributed by atoms with Crippen molar-refractivity contribution in [1.29, 1.82) is 0 Å². The fourth-order valence-corrected chi connectivity index (χ4v) is 6.89. The SMILES string of the molecule is CCCCCCCCCCCCCCCCCCOCC(COC(c1ccccc1)(c1ccccc1)c1ccccc1)OCc1ccccc1. The molecule has 0 aliphatic rings. The molecule has 0 radical (unpaired) electrons. The van der Waals surface area contributed by atoms with Crippen molar-refractivity contribution in [2.45, 2.75) is 128 Å². The summed E-state index contributed by atoms with van der Waals surface area (Å²) in [5.74, 6) is 0. The molecular formula is C47H64O3. The Morgan fingerprint density at radius 1 is 0.440 bits per heavy atom. The summed E-state index contributed by atoms with van der Waals surface area (Å²) in [6.45, 7) is 4.46. The smallest absolute Gasteiger partial charge is 0.143 e. The molecule has 3 nitrogen and oxygen atoms in total. The first-order chi connectivity index (χ1) is 24.8. The van der Waals surface area contributed by atoms with E-state index >= 15 is 0 Å². The van der Waals surface area contributed by atoms with Crippen LogP contribution in [-0.4, -0.2) is 25.9 Å². The van der Waals surface area contributed by atoms with Gasteiger partial charge in [-0.15, -0.1) is 0 Å². The van der Waals surface area contributed by atoms with E-state index in [0.29, 0.717) is 19.8 Å². The Labute approximate surface area is 304 Å². The maximum absolute atomic E-state index is 7.12. The molecule has 4 aromatic carbocycles. The quantitative estimate of drug-likeness (QED) is 0.0443. The molecule has 0 N–H and O–H groups in total. The summed E-state index contributed by atoms with van der Waals surface area (Å²) in [6, 6.07) is 42.0. The monoisotopic (exact) mass is 676 g/mol. The summed E-state index contributed by atoms with van der Waals surface area (Å²) in [5.41, 5.74) is 3.64. The predicted octanol–water partition coefficient (Wildman–Crippen LogP) is 12.9. The highest BCUT2D eigenvalue weighted by molar-refractivity contribution is 5.47. The Morgan fingerprint density at radius 2 is 0.820 bits per heavy atom. The van der Waals surface area contributed by atoms with Crippen LogP contribution in [0.1, 0.15) is 132 Å². The lowest BCUT2D eigenvalue weighted by Crippen LogP contribution is -2.37. The molecule has 3 heteroatoms. The standard InChI is InChI=1S/C47H64O3/c1-2-3-4-5-6-7-8-9-10-11-12-13-14-15-16-29-38-48-40-46(49-39-42-30-21-17-22-31-42)41-50-47(43-32-23-18-24-33-43,44-34-25-19-26-35-44)45-36-27-20-28-37-45/h17-28,30-37,46H,2-16,29,38-41H2,1H3. The van der Waals surface area contributed by atoms with E-state index in [2.05, 4.69) is 122 Å². The molecule has 0 saturated carbocycles. The molecular weight excluding hydrogens is 613 g/mol. The van der Waals surface area contributed by atoms with Gasteiger partial charge in [-0.25, -0.2) is 0 Å². The van der Waals surface area contributed by atoms with Crippen LogP contribution in [0.15, 0.2) is 121 Å². The van der Waals surface area contributed by atoms with E-state index in [-0.39, 0.29) is 6.10 Å². The summed E-state index contributed by atoms with van der Waals surface area (Å²) in [4.78, 5) is 0. The van der Waals surface area contributed by atoms with Crippen molar-refractivity contribution in [3.8, 4) is 0 Å². The van der Waals surface area contributed by atoms with Crippen molar-refractivity contribution >= 4 is 0 Å². The zero-order valence-electron chi connectivity index (χ0n) is 31.0. The van der Waals surface area contributed by atoms with Crippen molar-refractivity contribution in [3.63, 3.8) is 0 Å². The Morgan fingerprint density at radius 3 is 1.24 bits per heavy atom. The van der Waals surface area contributed by atoms with Gasteiger partial charge in [0.1, 0.15) is 11.7 Å². The second kappa shape index (κ2) is 24.8. The maximum Gasteiger partial charge on any atom is 0.143 e. The number of rotatable bonds is 28. The molecule has 0 amide bonds. The lowest BCUT2D eigenvalue weighted by atomic mass is 9.80. The van der Waals surface area contributed by atoms with Crippen molar-refractivity contribution in [1.82, 2.24) is 0 Å². The van der Waals surface area contributed by atoms with E-state index < -0.39 is 5.60 Å². The highest BCUT2D eigenvalue weighted by Crippen LogP contribution is 2.40. The van der Waals surface area contributed by atoms with E-state index in [1.807, 2.05) is 6.07 Å². The zero-order chi connectivity index (χ0) is 34.8. The first-order valence-electron chi connectivity index (χ1n) is 19.9. The molecule has 0 bridgehead atoms. The molecule has 0 aromatic heterocycles. The fraction of sp³-hybridized carbons (Fsp3) is 0.489. The second-order valence-corrected chi connectivity index (χ2v) is 13.9. The minimum Gasteiger partial charge on any atom is -0.379 e. The third kappa shape index (κ3) is 14.2. The Balaban J connectivity index is 1.24. The fourth-order valence-electron chi connectivity index (χ4n) is 6.89. The lowest BCUT2D eigenvalue weighted by molar-refractivity contribution is -0.0968. The third-order valence-electron chi connectivity index (χ3n) is 9.80. The van der Waals surface area contributed by atoms with Crippen LogP contribution < -0.4 is 0 Å². The molecule has 0 fully saturated rings. The summed E-state index contributed by atoms with van der Waals surface area (Å²) >= 11 is 0. The summed E-state index contributed by atoms with van der Waals surface area (Å²) in [5, 5.41) is 0. The normalized spacial score (nSPS) is 12.3. The van der Waals surface area contributed by atoms with Crippen molar-refractivity contribution < 1.29 is 14.2 Å². The number of ether oxygens (including phenoxy) is 3. The number of unbranched alkanes of at least 4 members (excludes halogenated alkanes) is 15. The van der Waals surface area contributed by atoms with Crippen LogP contribution in [0, 0.1) is 0 Å². The predicted molar refractivity (Wildman–Crippen MR) is 211 cm³/mol. The summed E-state index contributed by atoms with van der Waals surface area (Å²) < 4.78 is 19.9. The average molecular weight is 677 g/mol. The topological polar surface area (TPSA) is 27.7 Å². The zero-order valence-corrected chi connectivity index (χ0v) is 31.0. The lowest BCUT2D eigenvalue weighted by Gasteiger charge is -2.37. The molecule has 1 unspecified atom stereocenters. The molecule has 0 aliphatic carbocycles.